The third-order valence-electron chi connectivity index (χ3n) is 7.43. The van der Waals surface area contributed by atoms with Gasteiger partial charge in [0.2, 0.25) is 0 Å². The first-order valence-corrected chi connectivity index (χ1v) is 17.0. The fourth-order valence-electron chi connectivity index (χ4n) is 4.74. The van der Waals surface area contributed by atoms with E-state index in [0.717, 1.165) is 60.3 Å². The lowest BCUT2D eigenvalue weighted by atomic mass is 10.1. The summed E-state index contributed by atoms with van der Waals surface area (Å²) in [6.45, 7) is 6.75. The van der Waals surface area contributed by atoms with Crippen molar-refractivity contribution in [1.29, 1.82) is 0 Å². The van der Waals surface area contributed by atoms with Gasteiger partial charge >= 0.3 is 0 Å². The minimum Gasteiger partial charge on any atom is -0.255 e. The number of benzene rings is 2. The van der Waals surface area contributed by atoms with E-state index in [1.807, 2.05) is 18.3 Å². The minimum atomic E-state index is 0.919. The molecule has 0 amide bonds. The lowest BCUT2D eigenvalue weighted by molar-refractivity contribution is 0.594. The Morgan fingerprint density at radius 2 is 0.952 bits per heavy atom. The number of hydrogen-bond acceptors (Lipinski definition) is 2. The Balaban J connectivity index is 1.83. The standard InChI is InChI=1S/C40H56N2/c1-4-7-10-12-14-16-18-20-22-24-36-27-31-38(32-28-36)41-35-40(26-9-6-3)42-39-33-29-37(30-34-39)25-23-21-19-17-15-13-11-8-5-2/h27-35H,4-21,26H2,1-3H3. The molecule has 0 fully saturated rings. The molecule has 0 saturated carbocycles. The van der Waals surface area contributed by atoms with E-state index < -0.39 is 0 Å². The van der Waals surface area contributed by atoms with E-state index in [-0.39, 0.29) is 0 Å². The predicted octanol–water partition coefficient (Wildman–Crippen LogP) is 12.3. The predicted molar refractivity (Wildman–Crippen MR) is 187 cm³/mol. The molecule has 0 spiro atoms. The Bertz CT molecular complexity index is 1130. The van der Waals surface area contributed by atoms with Crippen molar-refractivity contribution in [1.82, 2.24) is 0 Å². The number of nitrogens with zero attached hydrogens (tertiary/aromatic N) is 2. The van der Waals surface area contributed by atoms with Crippen LogP contribution in [0.4, 0.5) is 11.4 Å². The van der Waals surface area contributed by atoms with Crippen LogP contribution in [0, 0.1) is 23.7 Å². The molecular weight excluding hydrogens is 508 g/mol. The largest absolute Gasteiger partial charge is 0.255 e. The van der Waals surface area contributed by atoms with E-state index in [1.165, 1.54) is 89.9 Å². The molecule has 2 heteroatoms. The van der Waals surface area contributed by atoms with Gasteiger partial charge in [-0.1, -0.05) is 128 Å². The van der Waals surface area contributed by atoms with Crippen molar-refractivity contribution < 1.29 is 0 Å². The summed E-state index contributed by atoms with van der Waals surface area (Å²) >= 11 is 0. The van der Waals surface area contributed by atoms with Crippen molar-refractivity contribution in [3.63, 3.8) is 0 Å². The molecule has 0 radical (unpaired) electrons. The van der Waals surface area contributed by atoms with E-state index in [9.17, 15) is 0 Å². The maximum absolute atomic E-state index is 4.90. The lowest BCUT2D eigenvalue weighted by Crippen LogP contribution is -1.99. The monoisotopic (exact) mass is 564 g/mol. The highest BCUT2D eigenvalue weighted by atomic mass is 14.8. The molecule has 0 aliphatic heterocycles. The Kier molecular flexibility index (Phi) is 20.5. The summed E-state index contributed by atoms with van der Waals surface area (Å²) in [4.78, 5) is 9.63. The lowest BCUT2D eigenvalue weighted by Gasteiger charge is -2.02. The molecule has 0 N–H and O–H groups in total. The third-order valence-corrected chi connectivity index (χ3v) is 7.43. The second kappa shape index (κ2) is 24.5. The van der Waals surface area contributed by atoms with Gasteiger partial charge in [0, 0.05) is 30.2 Å². The summed E-state index contributed by atoms with van der Waals surface area (Å²) in [5.41, 5.74) is 5.02. The van der Waals surface area contributed by atoms with Crippen molar-refractivity contribution in [3.05, 3.63) is 59.7 Å². The molecule has 0 aromatic heterocycles. The molecule has 0 aliphatic carbocycles. The second-order valence-electron chi connectivity index (χ2n) is 11.4. The fraction of sp³-hybridized carbons (Fsp3) is 0.550. The van der Waals surface area contributed by atoms with Gasteiger partial charge in [0.25, 0.3) is 0 Å². The van der Waals surface area contributed by atoms with Crippen molar-refractivity contribution in [2.24, 2.45) is 9.98 Å². The Morgan fingerprint density at radius 3 is 1.43 bits per heavy atom. The SMILES string of the molecule is CCCCCCCCCC#Cc1ccc(N=CC(CCCC)=Nc2ccc(C#CCCCCCCCCC)cc2)cc1. The quantitative estimate of drug-likeness (QED) is 0.0868. The topological polar surface area (TPSA) is 24.7 Å². The van der Waals surface area contributed by atoms with Crippen LogP contribution in [0.1, 0.15) is 154 Å². The number of hydrogen-bond donors (Lipinski definition) is 0. The second-order valence-corrected chi connectivity index (χ2v) is 11.4. The van der Waals surface area contributed by atoms with Gasteiger partial charge in [-0.2, -0.15) is 0 Å². The number of aliphatic imine (C=N–C) groups is 2. The smallest absolute Gasteiger partial charge is 0.0634 e. The molecule has 226 valence electrons. The minimum absolute atomic E-state index is 0.919. The summed E-state index contributed by atoms with van der Waals surface area (Å²) < 4.78 is 0. The Labute approximate surface area is 258 Å². The normalized spacial score (nSPS) is 11.3. The van der Waals surface area contributed by atoms with Crippen molar-refractivity contribution in [2.75, 3.05) is 0 Å². The molecule has 0 unspecified atom stereocenters. The molecule has 0 heterocycles. The van der Waals surface area contributed by atoms with Crippen LogP contribution in [-0.4, -0.2) is 11.9 Å². The molecule has 0 saturated heterocycles. The number of rotatable bonds is 20. The Morgan fingerprint density at radius 1 is 0.524 bits per heavy atom. The zero-order chi connectivity index (χ0) is 29.9. The van der Waals surface area contributed by atoms with Gasteiger partial charge in [-0.25, -0.2) is 0 Å². The van der Waals surface area contributed by atoms with E-state index in [2.05, 4.69) is 80.9 Å². The van der Waals surface area contributed by atoms with E-state index in [4.69, 9.17) is 9.98 Å². The summed E-state index contributed by atoms with van der Waals surface area (Å²) in [5.74, 6) is 13.3. The third kappa shape index (κ3) is 17.7. The Hall–Kier alpha value is -3.10. The van der Waals surface area contributed by atoms with Gasteiger partial charge in [0.15, 0.2) is 0 Å². The van der Waals surface area contributed by atoms with Gasteiger partial charge in [0.1, 0.15) is 0 Å². The van der Waals surface area contributed by atoms with Gasteiger partial charge in [-0.15, -0.1) is 0 Å². The summed E-state index contributed by atoms with van der Waals surface area (Å²) in [7, 11) is 0. The van der Waals surface area contributed by atoms with Crippen molar-refractivity contribution >= 4 is 23.3 Å². The van der Waals surface area contributed by atoms with Gasteiger partial charge in [0.05, 0.1) is 17.1 Å². The molecule has 2 nitrogen and oxygen atoms in total. The molecule has 42 heavy (non-hydrogen) atoms. The number of unbranched alkanes of at least 4 members (excludes halogenated alkanes) is 15. The average molecular weight is 565 g/mol. The highest BCUT2D eigenvalue weighted by Gasteiger charge is 1.99. The summed E-state index contributed by atoms with van der Waals surface area (Å²) in [6, 6.07) is 16.5. The van der Waals surface area contributed by atoms with Crippen LogP contribution in [0.15, 0.2) is 58.5 Å². The summed E-state index contributed by atoms with van der Waals surface area (Å²) in [6.07, 6.45) is 25.6. The van der Waals surface area contributed by atoms with E-state index in [0.29, 0.717) is 0 Å². The maximum atomic E-state index is 4.90. The average Bonchev–Trinajstić information content (AvgIpc) is 3.02. The van der Waals surface area contributed by atoms with E-state index in [1.54, 1.807) is 0 Å². The first kappa shape index (κ1) is 35.1. The molecule has 2 rings (SSSR count). The van der Waals surface area contributed by atoms with Crippen LogP contribution in [0.2, 0.25) is 0 Å². The van der Waals surface area contributed by atoms with Crippen LogP contribution in [0.5, 0.6) is 0 Å². The molecular formula is C40H56N2. The van der Waals surface area contributed by atoms with Gasteiger partial charge in [-0.3, -0.25) is 9.98 Å². The molecule has 0 aliphatic rings. The van der Waals surface area contributed by atoms with Crippen LogP contribution >= 0.6 is 0 Å². The first-order chi connectivity index (χ1) is 20.7. The van der Waals surface area contributed by atoms with E-state index >= 15 is 0 Å². The molecule has 2 aromatic carbocycles. The van der Waals surface area contributed by atoms with Crippen LogP contribution in [0.25, 0.3) is 0 Å². The molecule has 2 aromatic rings. The zero-order valence-electron chi connectivity index (χ0n) is 27.0. The van der Waals surface area contributed by atoms with Crippen molar-refractivity contribution in [2.45, 2.75) is 143 Å². The highest BCUT2D eigenvalue weighted by molar-refractivity contribution is 6.31. The summed E-state index contributed by atoms with van der Waals surface area (Å²) in [5, 5.41) is 0. The maximum Gasteiger partial charge on any atom is 0.0634 e. The first-order valence-electron chi connectivity index (χ1n) is 17.0. The highest BCUT2D eigenvalue weighted by Crippen LogP contribution is 2.16. The zero-order valence-corrected chi connectivity index (χ0v) is 27.0. The molecule has 0 bridgehead atoms. The van der Waals surface area contributed by atoms with Crippen LogP contribution in [0.3, 0.4) is 0 Å². The van der Waals surface area contributed by atoms with Gasteiger partial charge in [-0.05, 0) is 74.2 Å². The molecule has 0 atom stereocenters. The fourth-order valence-corrected chi connectivity index (χ4v) is 4.74. The van der Waals surface area contributed by atoms with Crippen LogP contribution < -0.4 is 0 Å². The van der Waals surface area contributed by atoms with Crippen LogP contribution in [-0.2, 0) is 0 Å². The van der Waals surface area contributed by atoms with Crippen molar-refractivity contribution in [3.8, 4) is 23.7 Å². The van der Waals surface area contributed by atoms with Gasteiger partial charge < -0.3 is 0 Å².